The number of fused-ring (bicyclic) bond motifs is 1. The highest BCUT2D eigenvalue weighted by Crippen LogP contribution is 2.61. The molecule has 1 heterocycles. The zero-order chi connectivity index (χ0) is 8.51. The molecule has 0 aromatic heterocycles. The molecular formula is C9H12O3. The molecule has 1 saturated heterocycles. The Balaban J connectivity index is 2.09. The Labute approximate surface area is 70.7 Å². The average molecular weight is 168 g/mol. The number of carbonyl (C=O) groups excluding carboxylic acids is 1. The molecule has 0 aromatic carbocycles. The zero-order valence-corrected chi connectivity index (χ0v) is 6.99. The van der Waals surface area contributed by atoms with E-state index in [9.17, 15) is 9.90 Å². The zero-order valence-electron chi connectivity index (χ0n) is 6.99. The summed E-state index contributed by atoms with van der Waals surface area (Å²) in [6.07, 6.45) is 1.25. The lowest BCUT2D eigenvalue weighted by Crippen LogP contribution is -2.35. The highest BCUT2D eigenvalue weighted by Gasteiger charge is 2.67. The van der Waals surface area contributed by atoms with Gasteiger partial charge < -0.3 is 9.84 Å². The van der Waals surface area contributed by atoms with Gasteiger partial charge in [0.25, 0.3) is 0 Å². The van der Waals surface area contributed by atoms with Gasteiger partial charge >= 0.3 is 5.97 Å². The highest BCUT2D eigenvalue weighted by molar-refractivity contribution is 5.80. The van der Waals surface area contributed by atoms with Crippen molar-refractivity contribution in [1.29, 1.82) is 0 Å². The molecule has 2 bridgehead atoms. The second-order valence-corrected chi connectivity index (χ2v) is 4.58. The van der Waals surface area contributed by atoms with Gasteiger partial charge in [-0.25, -0.2) is 0 Å². The van der Waals surface area contributed by atoms with E-state index in [0.29, 0.717) is 11.8 Å². The van der Waals surface area contributed by atoms with Gasteiger partial charge in [-0.05, 0) is 25.7 Å². The molecule has 3 rings (SSSR count). The van der Waals surface area contributed by atoms with Crippen molar-refractivity contribution in [3.05, 3.63) is 0 Å². The van der Waals surface area contributed by atoms with Crippen molar-refractivity contribution in [2.45, 2.75) is 32.0 Å². The quantitative estimate of drug-likeness (QED) is 0.530. The molecule has 66 valence electrons. The summed E-state index contributed by atoms with van der Waals surface area (Å²) in [5.41, 5.74) is -0.255. The number of hydrogen-bond acceptors (Lipinski definition) is 3. The molecule has 5 atom stereocenters. The molecule has 3 heteroatoms. The van der Waals surface area contributed by atoms with Gasteiger partial charge in [-0.3, -0.25) is 4.79 Å². The van der Waals surface area contributed by atoms with E-state index in [1.165, 1.54) is 0 Å². The Morgan fingerprint density at radius 1 is 1.67 bits per heavy atom. The lowest BCUT2D eigenvalue weighted by Gasteiger charge is -2.25. The minimum Gasteiger partial charge on any atom is -0.459 e. The van der Waals surface area contributed by atoms with Gasteiger partial charge in [-0.2, -0.15) is 0 Å². The normalized spacial score (nSPS) is 61.0. The maximum absolute atomic E-state index is 11.4. The van der Waals surface area contributed by atoms with E-state index in [1.807, 2.05) is 6.92 Å². The molecule has 2 saturated carbocycles. The van der Waals surface area contributed by atoms with Crippen molar-refractivity contribution >= 4 is 5.97 Å². The predicted molar refractivity (Wildman–Crippen MR) is 40.2 cm³/mol. The number of carbonyl (C=O) groups is 1. The van der Waals surface area contributed by atoms with Gasteiger partial charge in [0.2, 0.25) is 0 Å². The van der Waals surface area contributed by atoms with E-state index in [4.69, 9.17) is 4.74 Å². The molecule has 3 aliphatic rings. The minimum absolute atomic E-state index is 0.0865. The van der Waals surface area contributed by atoms with Crippen molar-refractivity contribution in [1.82, 2.24) is 0 Å². The largest absolute Gasteiger partial charge is 0.459 e. The summed E-state index contributed by atoms with van der Waals surface area (Å²) in [6.45, 7) is 1.98. The standard InChI is InChI=1S/C9H12O3/c1-9-3-4-2-5(9)7(6(4)10)12-8(9)11/h4-7,10H,2-3H2,1H3. The fourth-order valence-corrected chi connectivity index (χ4v) is 3.27. The molecule has 3 fully saturated rings. The fourth-order valence-electron chi connectivity index (χ4n) is 3.27. The van der Waals surface area contributed by atoms with Crippen LogP contribution in [-0.4, -0.2) is 23.3 Å². The summed E-state index contributed by atoms with van der Waals surface area (Å²) >= 11 is 0. The number of aliphatic hydroxyl groups is 1. The number of hydrogen-bond donors (Lipinski definition) is 1. The van der Waals surface area contributed by atoms with Crippen molar-refractivity contribution in [2.75, 3.05) is 0 Å². The number of rotatable bonds is 0. The molecule has 0 aromatic rings. The first-order valence-corrected chi connectivity index (χ1v) is 4.52. The second kappa shape index (κ2) is 1.69. The second-order valence-electron chi connectivity index (χ2n) is 4.58. The maximum atomic E-state index is 11.4. The summed E-state index contributed by atoms with van der Waals surface area (Å²) in [7, 11) is 0. The SMILES string of the molecule is CC12CC3CC1C(OC2=O)C3O. The van der Waals surface area contributed by atoms with Crippen LogP contribution in [0.4, 0.5) is 0 Å². The maximum Gasteiger partial charge on any atom is 0.312 e. The van der Waals surface area contributed by atoms with E-state index in [2.05, 4.69) is 0 Å². The van der Waals surface area contributed by atoms with E-state index < -0.39 is 0 Å². The number of esters is 1. The first-order valence-electron chi connectivity index (χ1n) is 4.52. The Bertz CT molecular complexity index is 262. The van der Waals surface area contributed by atoms with Gasteiger partial charge in [0.15, 0.2) is 0 Å². The molecule has 0 amide bonds. The summed E-state index contributed by atoms with van der Waals surface area (Å²) in [6, 6.07) is 0. The third kappa shape index (κ3) is 0.505. The lowest BCUT2D eigenvalue weighted by atomic mass is 9.75. The smallest absolute Gasteiger partial charge is 0.312 e. The summed E-state index contributed by atoms with van der Waals surface area (Å²) in [5, 5.41) is 9.66. The van der Waals surface area contributed by atoms with Gasteiger partial charge in [-0.15, -0.1) is 0 Å². The molecule has 12 heavy (non-hydrogen) atoms. The van der Waals surface area contributed by atoms with E-state index in [-0.39, 0.29) is 23.6 Å². The summed E-state index contributed by atoms with van der Waals surface area (Å²) < 4.78 is 5.17. The van der Waals surface area contributed by atoms with Crippen molar-refractivity contribution in [2.24, 2.45) is 17.3 Å². The monoisotopic (exact) mass is 168 g/mol. The number of ether oxygens (including phenoxy) is 1. The first kappa shape index (κ1) is 6.89. The summed E-state index contributed by atoms with van der Waals surface area (Å²) in [4.78, 5) is 11.4. The van der Waals surface area contributed by atoms with Crippen LogP contribution >= 0.6 is 0 Å². The minimum atomic E-state index is -0.380. The van der Waals surface area contributed by atoms with Crippen molar-refractivity contribution < 1.29 is 14.6 Å². The summed E-state index contributed by atoms with van der Waals surface area (Å²) in [5.74, 6) is 0.526. The predicted octanol–water partition coefficient (Wildman–Crippen LogP) is 0.319. The molecule has 1 aliphatic heterocycles. The molecule has 0 spiro atoms. The first-order chi connectivity index (χ1) is 5.63. The van der Waals surface area contributed by atoms with Gasteiger partial charge in [-0.1, -0.05) is 0 Å². The van der Waals surface area contributed by atoms with Gasteiger partial charge in [0, 0.05) is 5.92 Å². The topological polar surface area (TPSA) is 46.5 Å². The molecule has 2 aliphatic carbocycles. The van der Waals surface area contributed by atoms with E-state index in [1.54, 1.807) is 0 Å². The van der Waals surface area contributed by atoms with E-state index >= 15 is 0 Å². The van der Waals surface area contributed by atoms with Crippen LogP contribution in [0.2, 0.25) is 0 Å². The van der Waals surface area contributed by atoms with Gasteiger partial charge in [0.1, 0.15) is 6.10 Å². The highest BCUT2D eigenvalue weighted by atomic mass is 16.6. The average Bonchev–Trinajstić information content (AvgIpc) is 2.53. The van der Waals surface area contributed by atoms with Crippen LogP contribution in [0, 0.1) is 17.3 Å². The van der Waals surface area contributed by atoms with Crippen LogP contribution in [0.3, 0.4) is 0 Å². The molecule has 0 radical (unpaired) electrons. The Morgan fingerprint density at radius 3 is 3.00 bits per heavy atom. The van der Waals surface area contributed by atoms with Crippen LogP contribution in [0.15, 0.2) is 0 Å². The lowest BCUT2D eigenvalue weighted by molar-refractivity contribution is -0.148. The van der Waals surface area contributed by atoms with Crippen LogP contribution in [0.1, 0.15) is 19.8 Å². The van der Waals surface area contributed by atoms with Crippen LogP contribution in [0.25, 0.3) is 0 Å². The fraction of sp³-hybridized carbons (Fsp3) is 0.889. The Hall–Kier alpha value is -0.570. The van der Waals surface area contributed by atoms with Crippen LogP contribution in [0.5, 0.6) is 0 Å². The number of aliphatic hydroxyl groups excluding tert-OH is 1. The van der Waals surface area contributed by atoms with Crippen molar-refractivity contribution in [3.8, 4) is 0 Å². The Kier molecular flexibility index (Phi) is 0.971. The third-order valence-corrected chi connectivity index (χ3v) is 3.99. The third-order valence-electron chi connectivity index (χ3n) is 3.99. The molecule has 3 nitrogen and oxygen atoms in total. The molecule has 5 unspecified atom stereocenters. The van der Waals surface area contributed by atoms with Crippen molar-refractivity contribution in [3.63, 3.8) is 0 Å². The van der Waals surface area contributed by atoms with Gasteiger partial charge in [0.05, 0.1) is 11.5 Å². The van der Waals surface area contributed by atoms with Crippen LogP contribution in [-0.2, 0) is 9.53 Å². The molecule has 1 N–H and O–H groups in total. The van der Waals surface area contributed by atoms with E-state index in [0.717, 1.165) is 12.8 Å². The van der Waals surface area contributed by atoms with Crippen LogP contribution < -0.4 is 0 Å². The molecular weight excluding hydrogens is 156 g/mol. The Morgan fingerprint density at radius 2 is 2.42 bits per heavy atom.